The molecule has 3 heteroatoms. The van der Waals surface area contributed by atoms with Crippen LogP contribution in [0, 0.1) is 0 Å². The number of ether oxygens (including phenoxy) is 1. The number of hydrogen-bond donors (Lipinski definition) is 0. The molecule has 0 spiro atoms. The molecule has 0 atom stereocenters. The zero-order valence-corrected chi connectivity index (χ0v) is 7.44. The van der Waals surface area contributed by atoms with E-state index in [2.05, 4.69) is 13.1 Å². The Morgan fingerprint density at radius 1 is 1.70 bits per heavy atom. The third kappa shape index (κ3) is 5.56. The molecule has 0 rings (SSSR count). The standard InChI is InChI=1S/C7H12O2Si/c1-6(5-10-3)4-9-7(2)8/h1,4-5H2,2-3H3. The first kappa shape index (κ1) is 9.43. The molecule has 0 fully saturated rings. The van der Waals surface area contributed by atoms with Crippen molar-refractivity contribution in [1.82, 2.24) is 0 Å². The molecule has 2 nitrogen and oxygen atoms in total. The van der Waals surface area contributed by atoms with Gasteiger partial charge >= 0.3 is 5.97 Å². The molecule has 0 heterocycles. The quantitative estimate of drug-likeness (QED) is 0.348. The minimum absolute atomic E-state index is 0.236. The van der Waals surface area contributed by atoms with Gasteiger partial charge in [-0.05, 0) is 11.6 Å². The maximum atomic E-state index is 10.3. The first-order valence-electron chi connectivity index (χ1n) is 3.11. The maximum Gasteiger partial charge on any atom is 0.302 e. The smallest absolute Gasteiger partial charge is 0.302 e. The van der Waals surface area contributed by atoms with Crippen molar-refractivity contribution in [3.63, 3.8) is 0 Å². The van der Waals surface area contributed by atoms with Crippen molar-refractivity contribution < 1.29 is 9.53 Å². The first-order chi connectivity index (χ1) is 4.66. The highest BCUT2D eigenvalue weighted by Gasteiger charge is 1.95. The van der Waals surface area contributed by atoms with E-state index in [0.29, 0.717) is 6.61 Å². The van der Waals surface area contributed by atoms with Gasteiger partial charge in [-0.3, -0.25) is 4.79 Å². The van der Waals surface area contributed by atoms with Gasteiger partial charge in [0.2, 0.25) is 0 Å². The SMILES string of the molecule is C=C(COC(C)=O)C[Si]C. The minimum Gasteiger partial charge on any atom is -0.461 e. The van der Waals surface area contributed by atoms with Gasteiger partial charge in [0, 0.05) is 16.4 Å². The lowest BCUT2D eigenvalue weighted by Crippen LogP contribution is -2.03. The van der Waals surface area contributed by atoms with Gasteiger partial charge < -0.3 is 4.74 Å². The summed E-state index contributed by atoms with van der Waals surface area (Å²) in [6, 6.07) is 0.966. The molecule has 0 N–H and O–H groups in total. The summed E-state index contributed by atoms with van der Waals surface area (Å²) in [6.07, 6.45) is 0. The van der Waals surface area contributed by atoms with Gasteiger partial charge in [-0.15, -0.1) is 0 Å². The normalized spacial score (nSPS) is 9.00. The molecule has 10 heavy (non-hydrogen) atoms. The molecule has 0 aromatic heterocycles. The lowest BCUT2D eigenvalue weighted by atomic mass is 10.4. The average Bonchev–Trinajstić information content (AvgIpc) is 1.85. The molecule has 56 valence electrons. The summed E-state index contributed by atoms with van der Waals surface area (Å²) in [7, 11) is 0.851. The fraction of sp³-hybridized carbons (Fsp3) is 0.571. The summed E-state index contributed by atoms with van der Waals surface area (Å²) in [5.41, 5.74) is 0.996. The van der Waals surface area contributed by atoms with E-state index < -0.39 is 0 Å². The van der Waals surface area contributed by atoms with Crippen molar-refractivity contribution in [2.45, 2.75) is 19.5 Å². The number of carbonyl (C=O) groups is 1. The van der Waals surface area contributed by atoms with Crippen LogP contribution >= 0.6 is 0 Å². The third-order valence-electron chi connectivity index (χ3n) is 0.906. The van der Waals surface area contributed by atoms with Gasteiger partial charge in [0.15, 0.2) is 0 Å². The maximum absolute atomic E-state index is 10.3. The second-order valence-corrected chi connectivity index (χ2v) is 3.12. The number of carbonyl (C=O) groups excluding carboxylic acids is 1. The van der Waals surface area contributed by atoms with E-state index in [1.807, 2.05) is 0 Å². The highest BCUT2D eigenvalue weighted by Crippen LogP contribution is 1.97. The molecule has 0 aliphatic rings. The monoisotopic (exact) mass is 156 g/mol. The van der Waals surface area contributed by atoms with Gasteiger partial charge in [0.25, 0.3) is 0 Å². The van der Waals surface area contributed by atoms with E-state index in [1.165, 1.54) is 6.92 Å². The van der Waals surface area contributed by atoms with Crippen molar-refractivity contribution in [1.29, 1.82) is 0 Å². The molecule has 2 radical (unpaired) electrons. The molecule has 0 aromatic rings. The van der Waals surface area contributed by atoms with E-state index >= 15 is 0 Å². The van der Waals surface area contributed by atoms with Crippen LogP contribution in [0.5, 0.6) is 0 Å². The van der Waals surface area contributed by atoms with Crippen molar-refractivity contribution in [3.8, 4) is 0 Å². The Bertz CT molecular complexity index is 132. The summed E-state index contributed by atoms with van der Waals surface area (Å²) < 4.78 is 4.72. The second kappa shape index (κ2) is 5.23. The van der Waals surface area contributed by atoms with Crippen LogP contribution in [0.2, 0.25) is 12.6 Å². The Labute approximate surface area is 64.1 Å². The number of esters is 1. The molecule has 0 bridgehead atoms. The summed E-state index contributed by atoms with van der Waals surface area (Å²) in [5, 5.41) is 0. The van der Waals surface area contributed by atoms with E-state index in [-0.39, 0.29) is 5.97 Å². The van der Waals surface area contributed by atoms with Crippen LogP contribution < -0.4 is 0 Å². The molecule has 0 amide bonds. The highest BCUT2D eigenvalue weighted by molar-refractivity contribution is 6.34. The Hall–Kier alpha value is -0.573. The molecule has 0 aromatic carbocycles. The predicted octanol–water partition coefficient (Wildman–Crippen LogP) is 1.28. The molecule has 0 aliphatic carbocycles. The summed E-state index contributed by atoms with van der Waals surface area (Å²) in [5.74, 6) is -0.236. The van der Waals surface area contributed by atoms with E-state index in [9.17, 15) is 4.79 Å². The fourth-order valence-electron chi connectivity index (χ4n) is 0.505. The van der Waals surface area contributed by atoms with Crippen LogP contribution in [-0.2, 0) is 9.53 Å². The zero-order chi connectivity index (χ0) is 7.98. The molecular formula is C7H12O2Si. The van der Waals surface area contributed by atoms with Crippen LogP contribution in [0.15, 0.2) is 12.2 Å². The second-order valence-electron chi connectivity index (χ2n) is 2.06. The van der Waals surface area contributed by atoms with Gasteiger partial charge in [-0.25, -0.2) is 0 Å². The van der Waals surface area contributed by atoms with Gasteiger partial charge in [-0.2, -0.15) is 0 Å². The lowest BCUT2D eigenvalue weighted by Gasteiger charge is -2.02. The molecular weight excluding hydrogens is 144 g/mol. The lowest BCUT2D eigenvalue weighted by molar-refractivity contribution is -0.139. The number of hydrogen-bond acceptors (Lipinski definition) is 2. The van der Waals surface area contributed by atoms with E-state index in [4.69, 9.17) is 4.74 Å². The van der Waals surface area contributed by atoms with Crippen LogP contribution in [0.3, 0.4) is 0 Å². The Morgan fingerprint density at radius 2 is 2.30 bits per heavy atom. The first-order valence-corrected chi connectivity index (χ1v) is 4.82. The highest BCUT2D eigenvalue weighted by atomic mass is 28.2. The van der Waals surface area contributed by atoms with Gasteiger partial charge in [-0.1, -0.05) is 13.1 Å². The van der Waals surface area contributed by atoms with Gasteiger partial charge in [0.1, 0.15) is 6.61 Å². The van der Waals surface area contributed by atoms with Gasteiger partial charge in [0.05, 0.1) is 0 Å². The summed E-state index contributed by atoms with van der Waals surface area (Å²) >= 11 is 0. The van der Waals surface area contributed by atoms with Crippen LogP contribution in [-0.4, -0.2) is 22.1 Å². The molecule has 0 aliphatic heterocycles. The topological polar surface area (TPSA) is 26.3 Å². The van der Waals surface area contributed by atoms with Crippen LogP contribution in [0.1, 0.15) is 6.92 Å². The predicted molar refractivity (Wildman–Crippen MR) is 42.2 cm³/mol. The molecule has 0 unspecified atom stereocenters. The summed E-state index contributed by atoms with van der Waals surface area (Å²) in [6.45, 7) is 7.63. The zero-order valence-electron chi connectivity index (χ0n) is 6.44. The van der Waals surface area contributed by atoms with Crippen molar-refractivity contribution in [2.24, 2.45) is 0 Å². The molecule has 0 saturated heterocycles. The molecule has 0 saturated carbocycles. The fourth-order valence-corrected chi connectivity index (χ4v) is 1.11. The summed E-state index contributed by atoms with van der Waals surface area (Å²) in [4.78, 5) is 10.3. The Kier molecular flexibility index (Phi) is 4.93. The van der Waals surface area contributed by atoms with E-state index in [1.54, 1.807) is 0 Å². The average molecular weight is 156 g/mol. The van der Waals surface area contributed by atoms with Crippen molar-refractivity contribution >= 4 is 15.5 Å². The Balaban J connectivity index is 3.30. The van der Waals surface area contributed by atoms with Crippen LogP contribution in [0.25, 0.3) is 0 Å². The third-order valence-corrected chi connectivity index (χ3v) is 1.76. The minimum atomic E-state index is -0.236. The Morgan fingerprint density at radius 3 is 2.70 bits per heavy atom. The number of rotatable bonds is 4. The van der Waals surface area contributed by atoms with Crippen molar-refractivity contribution in [3.05, 3.63) is 12.2 Å². The largest absolute Gasteiger partial charge is 0.461 e. The van der Waals surface area contributed by atoms with Crippen molar-refractivity contribution in [2.75, 3.05) is 6.61 Å². The van der Waals surface area contributed by atoms with Crippen LogP contribution in [0.4, 0.5) is 0 Å². The van der Waals surface area contributed by atoms with E-state index in [0.717, 1.165) is 21.1 Å².